The first-order valence-corrected chi connectivity index (χ1v) is 4.93. The molecule has 1 rings (SSSR count). The quantitative estimate of drug-likeness (QED) is 0.733. The van der Waals surface area contributed by atoms with Gasteiger partial charge in [0.2, 0.25) is 0 Å². The van der Waals surface area contributed by atoms with Crippen LogP contribution in [-0.4, -0.2) is 6.54 Å². The van der Waals surface area contributed by atoms with Crippen LogP contribution in [0.3, 0.4) is 0 Å². The standard InChI is InChI=1S/C12H18N/c1-2-11(9-6-10-13)12-7-4-3-5-8-12/h2-5,7-8,11H,6,9-10,13H2,1H3. The maximum absolute atomic E-state index is 5.50. The second-order valence-corrected chi connectivity index (χ2v) is 3.28. The van der Waals surface area contributed by atoms with Gasteiger partial charge in [-0.05, 0) is 37.3 Å². The van der Waals surface area contributed by atoms with E-state index in [4.69, 9.17) is 5.73 Å². The molecule has 1 heteroatoms. The van der Waals surface area contributed by atoms with Crippen LogP contribution in [0.2, 0.25) is 0 Å². The highest BCUT2D eigenvalue weighted by Gasteiger charge is 2.07. The normalized spacial score (nSPS) is 12.8. The molecule has 1 aromatic carbocycles. The maximum Gasteiger partial charge on any atom is -0.00771 e. The van der Waals surface area contributed by atoms with Crippen LogP contribution >= 0.6 is 0 Å². The lowest BCUT2D eigenvalue weighted by Crippen LogP contribution is -2.03. The number of benzene rings is 1. The molecule has 0 heterocycles. The molecular weight excluding hydrogens is 158 g/mol. The smallest absolute Gasteiger partial charge is 0.00771 e. The van der Waals surface area contributed by atoms with Crippen LogP contribution in [-0.2, 0) is 0 Å². The summed E-state index contributed by atoms with van der Waals surface area (Å²) in [5.41, 5.74) is 6.90. The van der Waals surface area contributed by atoms with E-state index in [2.05, 4.69) is 43.7 Å². The molecule has 1 radical (unpaired) electrons. The molecule has 0 spiro atoms. The summed E-state index contributed by atoms with van der Waals surface area (Å²) in [4.78, 5) is 0. The molecule has 0 fully saturated rings. The van der Waals surface area contributed by atoms with E-state index >= 15 is 0 Å². The van der Waals surface area contributed by atoms with Gasteiger partial charge >= 0.3 is 0 Å². The number of hydrogen-bond donors (Lipinski definition) is 1. The van der Waals surface area contributed by atoms with Crippen LogP contribution in [0.5, 0.6) is 0 Å². The predicted octanol–water partition coefficient (Wildman–Crippen LogP) is 2.73. The molecule has 1 atom stereocenters. The van der Waals surface area contributed by atoms with E-state index in [1.54, 1.807) is 0 Å². The summed E-state index contributed by atoms with van der Waals surface area (Å²) in [5, 5.41) is 0. The van der Waals surface area contributed by atoms with E-state index < -0.39 is 0 Å². The van der Waals surface area contributed by atoms with Gasteiger partial charge in [-0.2, -0.15) is 0 Å². The fraction of sp³-hybridized carbons (Fsp3) is 0.417. The van der Waals surface area contributed by atoms with Gasteiger partial charge in [-0.1, -0.05) is 37.3 Å². The molecule has 1 unspecified atom stereocenters. The Balaban J connectivity index is 2.56. The molecule has 0 aliphatic heterocycles. The Bertz CT molecular complexity index is 218. The summed E-state index contributed by atoms with van der Waals surface area (Å²) in [6, 6.07) is 10.6. The number of hydrogen-bond acceptors (Lipinski definition) is 1. The molecule has 0 saturated heterocycles. The van der Waals surface area contributed by atoms with E-state index in [9.17, 15) is 0 Å². The highest BCUT2D eigenvalue weighted by molar-refractivity contribution is 5.21. The lowest BCUT2D eigenvalue weighted by molar-refractivity contribution is 0.655. The van der Waals surface area contributed by atoms with Crippen molar-refractivity contribution in [2.24, 2.45) is 5.73 Å². The Morgan fingerprint density at radius 3 is 2.54 bits per heavy atom. The number of nitrogens with two attached hydrogens (primary N) is 1. The Morgan fingerprint density at radius 2 is 2.00 bits per heavy atom. The molecule has 13 heavy (non-hydrogen) atoms. The van der Waals surface area contributed by atoms with Crippen molar-refractivity contribution in [2.45, 2.75) is 25.7 Å². The summed E-state index contributed by atoms with van der Waals surface area (Å²) in [5.74, 6) is 0.574. The molecule has 0 amide bonds. The zero-order valence-electron chi connectivity index (χ0n) is 8.24. The van der Waals surface area contributed by atoms with Crippen molar-refractivity contribution in [1.29, 1.82) is 0 Å². The van der Waals surface area contributed by atoms with Gasteiger partial charge in [0.1, 0.15) is 0 Å². The van der Waals surface area contributed by atoms with Gasteiger partial charge in [0, 0.05) is 0 Å². The summed E-state index contributed by atoms with van der Waals surface area (Å²) in [6.07, 6.45) is 4.52. The second-order valence-electron chi connectivity index (χ2n) is 3.28. The zero-order valence-corrected chi connectivity index (χ0v) is 8.24. The van der Waals surface area contributed by atoms with Crippen molar-refractivity contribution >= 4 is 0 Å². The SMILES string of the molecule is C[CH]C(CCCN)c1ccccc1. The fourth-order valence-corrected chi connectivity index (χ4v) is 1.56. The lowest BCUT2D eigenvalue weighted by atomic mass is 9.92. The van der Waals surface area contributed by atoms with Gasteiger partial charge < -0.3 is 5.73 Å². The molecule has 0 saturated carbocycles. The first-order valence-electron chi connectivity index (χ1n) is 4.93. The third-order valence-corrected chi connectivity index (χ3v) is 2.35. The van der Waals surface area contributed by atoms with E-state index in [0.29, 0.717) is 5.92 Å². The molecule has 0 aliphatic carbocycles. The minimum atomic E-state index is 0.574. The Hall–Kier alpha value is -0.820. The third-order valence-electron chi connectivity index (χ3n) is 2.35. The molecule has 1 aromatic rings. The van der Waals surface area contributed by atoms with Crippen LogP contribution in [0.25, 0.3) is 0 Å². The monoisotopic (exact) mass is 176 g/mol. The molecule has 71 valence electrons. The second kappa shape index (κ2) is 5.76. The van der Waals surface area contributed by atoms with E-state index in [1.165, 1.54) is 5.56 Å². The summed E-state index contributed by atoms with van der Waals surface area (Å²) < 4.78 is 0. The van der Waals surface area contributed by atoms with Crippen molar-refractivity contribution in [3.63, 3.8) is 0 Å². The summed E-state index contributed by atoms with van der Waals surface area (Å²) in [7, 11) is 0. The van der Waals surface area contributed by atoms with Crippen molar-refractivity contribution in [3.8, 4) is 0 Å². The predicted molar refractivity (Wildman–Crippen MR) is 57.4 cm³/mol. The van der Waals surface area contributed by atoms with Gasteiger partial charge in [-0.15, -0.1) is 0 Å². The Kier molecular flexibility index (Phi) is 4.55. The van der Waals surface area contributed by atoms with Crippen molar-refractivity contribution in [3.05, 3.63) is 42.3 Å². The minimum Gasteiger partial charge on any atom is -0.330 e. The van der Waals surface area contributed by atoms with Crippen molar-refractivity contribution < 1.29 is 0 Å². The molecular formula is C12H18N. The molecule has 0 bridgehead atoms. The first kappa shape index (κ1) is 10.3. The van der Waals surface area contributed by atoms with Crippen LogP contribution in [0.1, 0.15) is 31.2 Å². The van der Waals surface area contributed by atoms with E-state index in [1.807, 2.05) is 0 Å². The zero-order chi connectivity index (χ0) is 9.52. The van der Waals surface area contributed by atoms with E-state index in [0.717, 1.165) is 19.4 Å². The van der Waals surface area contributed by atoms with E-state index in [-0.39, 0.29) is 0 Å². The Morgan fingerprint density at radius 1 is 1.31 bits per heavy atom. The average molecular weight is 176 g/mol. The summed E-state index contributed by atoms with van der Waals surface area (Å²) >= 11 is 0. The Labute approximate surface area is 81.0 Å². The first-order chi connectivity index (χ1) is 6.38. The highest BCUT2D eigenvalue weighted by Crippen LogP contribution is 2.22. The molecule has 0 aromatic heterocycles. The third kappa shape index (κ3) is 3.19. The van der Waals surface area contributed by atoms with Crippen molar-refractivity contribution in [1.82, 2.24) is 0 Å². The topological polar surface area (TPSA) is 26.0 Å². The highest BCUT2D eigenvalue weighted by atomic mass is 14.5. The fourth-order valence-electron chi connectivity index (χ4n) is 1.56. The lowest BCUT2D eigenvalue weighted by Gasteiger charge is -2.13. The van der Waals surface area contributed by atoms with Gasteiger partial charge in [-0.25, -0.2) is 0 Å². The van der Waals surface area contributed by atoms with Crippen molar-refractivity contribution in [2.75, 3.05) is 6.54 Å². The molecule has 1 nitrogen and oxygen atoms in total. The van der Waals surface area contributed by atoms with Crippen LogP contribution in [0.4, 0.5) is 0 Å². The molecule has 0 aliphatic rings. The van der Waals surface area contributed by atoms with Gasteiger partial charge in [0.15, 0.2) is 0 Å². The van der Waals surface area contributed by atoms with Crippen LogP contribution < -0.4 is 5.73 Å². The average Bonchev–Trinajstić information content (AvgIpc) is 2.21. The molecule has 2 N–H and O–H groups in total. The van der Waals surface area contributed by atoms with Gasteiger partial charge in [-0.3, -0.25) is 0 Å². The summed E-state index contributed by atoms with van der Waals surface area (Å²) in [6.45, 7) is 2.91. The van der Waals surface area contributed by atoms with Gasteiger partial charge in [0.05, 0.1) is 0 Å². The van der Waals surface area contributed by atoms with Crippen LogP contribution in [0, 0.1) is 6.42 Å². The minimum absolute atomic E-state index is 0.574. The maximum atomic E-state index is 5.50. The number of rotatable bonds is 5. The van der Waals surface area contributed by atoms with Gasteiger partial charge in [0.25, 0.3) is 0 Å². The largest absolute Gasteiger partial charge is 0.330 e. The van der Waals surface area contributed by atoms with Crippen LogP contribution in [0.15, 0.2) is 30.3 Å².